The fraction of sp³-hybridized carbons (Fsp3) is 0.615. The van der Waals surface area contributed by atoms with Crippen LogP contribution in [-0.2, 0) is 9.53 Å². The molecule has 0 unspecified atom stereocenters. The third-order valence-electron chi connectivity index (χ3n) is 2.87. The number of hydrogen-bond donors (Lipinski definition) is 2. The van der Waals surface area contributed by atoms with Crippen LogP contribution < -0.4 is 11.1 Å². The molecule has 1 saturated carbocycles. The van der Waals surface area contributed by atoms with Crippen LogP contribution in [0.15, 0.2) is 6.07 Å². The second-order valence-electron chi connectivity index (χ2n) is 4.65. The van der Waals surface area contributed by atoms with Crippen LogP contribution in [0.5, 0.6) is 0 Å². The largest absolute Gasteiger partial charge is 0.466 e. The van der Waals surface area contributed by atoms with Crippen LogP contribution in [0.4, 0.5) is 11.6 Å². The first-order chi connectivity index (χ1) is 9.19. The van der Waals surface area contributed by atoms with Crippen molar-refractivity contribution in [3.63, 3.8) is 0 Å². The summed E-state index contributed by atoms with van der Waals surface area (Å²) in [4.78, 5) is 19.8. The molecule has 2 rings (SSSR count). The predicted molar refractivity (Wildman–Crippen MR) is 72.8 cm³/mol. The third kappa shape index (κ3) is 4.39. The molecule has 1 heterocycles. The predicted octanol–water partition coefficient (Wildman–Crippen LogP) is 1.69. The summed E-state index contributed by atoms with van der Waals surface area (Å²) in [5.74, 6) is 2.37. The van der Waals surface area contributed by atoms with E-state index in [-0.39, 0.29) is 5.97 Å². The highest BCUT2D eigenvalue weighted by molar-refractivity contribution is 5.69. The van der Waals surface area contributed by atoms with Gasteiger partial charge in [0.2, 0.25) is 0 Å². The van der Waals surface area contributed by atoms with Crippen LogP contribution in [-0.4, -0.2) is 29.1 Å². The van der Waals surface area contributed by atoms with Gasteiger partial charge in [0.05, 0.1) is 6.61 Å². The number of esters is 1. The number of carbonyl (C=O) groups is 1. The van der Waals surface area contributed by atoms with Crippen molar-refractivity contribution in [1.29, 1.82) is 0 Å². The zero-order chi connectivity index (χ0) is 13.7. The van der Waals surface area contributed by atoms with E-state index in [2.05, 4.69) is 15.3 Å². The second-order valence-corrected chi connectivity index (χ2v) is 4.65. The van der Waals surface area contributed by atoms with Crippen LogP contribution in [0.1, 0.15) is 44.3 Å². The normalized spacial score (nSPS) is 14.2. The number of rotatable bonds is 7. The Labute approximate surface area is 112 Å². The number of hydrogen-bond acceptors (Lipinski definition) is 6. The summed E-state index contributed by atoms with van der Waals surface area (Å²) >= 11 is 0. The molecule has 1 aliphatic carbocycles. The lowest BCUT2D eigenvalue weighted by atomic mass is 10.3. The van der Waals surface area contributed by atoms with Crippen molar-refractivity contribution in [3.05, 3.63) is 11.9 Å². The molecule has 1 aromatic rings. The molecule has 0 bridgehead atoms. The molecule has 0 aliphatic heterocycles. The Hall–Kier alpha value is -1.85. The Bertz CT molecular complexity index is 446. The summed E-state index contributed by atoms with van der Waals surface area (Å²) < 4.78 is 4.86. The highest BCUT2D eigenvalue weighted by atomic mass is 16.5. The van der Waals surface area contributed by atoms with Gasteiger partial charge in [-0.3, -0.25) is 4.79 Å². The Balaban J connectivity index is 1.77. The molecule has 0 radical (unpaired) electrons. The highest BCUT2D eigenvalue weighted by Gasteiger charge is 2.27. The maximum atomic E-state index is 11.2. The lowest BCUT2D eigenvalue weighted by Gasteiger charge is -2.08. The molecule has 6 nitrogen and oxygen atoms in total. The Morgan fingerprint density at radius 3 is 3.00 bits per heavy atom. The van der Waals surface area contributed by atoms with E-state index >= 15 is 0 Å². The van der Waals surface area contributed by atoms with Gasteiger partial charge in [0, 0.05) is 24.9 Å². The summed E-state index contributed by atoms with van der Waals surface area (Å²) in [6, 6.07) is 1.72. The first-order valence-electron chi connectivity index (χ1n) is 6.73. The number of ether oxygens (including phenoxy) is 1. The number of nitrogens with zero attached hydrogens (tertiary/aromatic N) is 2. The van der Waals surface area contributed by atoms with E-state index in [9.17, 15) is 4.79 Å². The molecule has 0 aromatic carbocycles. The van der Waals surface area contributed by atoms with Crippen LogP contribution >= 0.6 is 0 Å². The molecule has 0 atom stereocenters. The summed E-state index contributed by atoms with van der Waals surface area (Å²) in [6.07, 6.45) is 3.41. The number of aromatic nitrogens is 2. The van der Waals surface area contributed by atoms with Gasteiger partial charge in [-0.25, -0.2) is 9.97 Å². The van der Waals surface area contributed by atoms with E-state index < -0.39 is 0 Å². The van der Waals surface area contributed by atoms with Crippen molar-refractivity contribution in [2.45, 2.75) is 38.5 Å². The van der Waals surface area contributed by atoms with Gasteiger partial charge >= 0.3 is 5.97 Å². The molecule has 0 spiro atoms. The van der Waals surface area contributed by atoms with E-state index in [4.69, 9.17) is 10.5 Å². The van der Waals surface area contributed by atoms with E-state index in [0.29, 0.717) is 37.7 Å². The second kappa shape index (κ2) is 6.36. The van der Waals surface area contributed by atoms with Gasteiger partial charge in [0.15, 0.2) is 0 Å². The van der Waals surface area contributed by atoms with Crippen molar-refractivity contribution < 1.29 is 9.53 Å². The summed E-state index contributed by atoms with van der Waals surface area (Å²) in [7, 11) is 0. The lowest BCUT2D eigenvalue weighted by molar-refractivity contribution is -0.143. The average Bonchev–Trinajstić information content (AvgIpc) is 3.18. The van der Waals surface area contributed by atoms with Gasteiger partial charge in [-0.15, -0.1) is 0 Å². The number of carbonyl (C=O) groups excluding carboxylic acids is 1. The molecule has 1 fully saturated rings. The molecule has 0 amide bonds. The first-order valence-corrected chi connectivity index (χ1v) is 6.73. The van der Waals surface area contributed by atoms with Crippen LogP contribution in [0.25, 0.3) is 0 Å². The number of anilines is 2. The maximum absolute atomic E-state index is 11.2. The SMILES string of the molecule is CCOC(=O)CCCNc1cc(N)nc(C2CC2)n1. The quantitative estimate of drug-likeness (QED) is 0.575. The number of nitrogen functional groups attached to an aromatic ring is 1. The van der Waals surface area contributed by atoms with Gasteiger partial charge in [-0.2, -0.15) is 0 Å². The number of nitrogens with one attached hydrogen (secondary N) is 1. The highest BCUT2D eigenvalue weighted by Crippen LogP contribution is 2.38. The molecular formula is C13H20N4O2. The summed E-state index contributed by atoms with van der Waals surface area (Å²) in [5.41, 5.74) is 5.75. The van der Waals surface area contributed by atoms with Crippen molar-refractivity contribution in [1.82, 2.24) is 9.97 Å². The molecule has 19 heavy (non-hydrogen) atoms. The van der Waals surface area contributed by atoms with E-state index in [1.165, 1.54) is 0 Å². The standard InChI is InChI=1S/C13H20N4O2/c1-2-19-12(18)4-3-7-15-11-8-10(14)16-13(17-11)9-5-6-9/h8-9H,2-7H2,1H3,(H3,14,15,16,17). The summed E-state index contributed by atoms with van der Waals surface area (Å²) in [6.45, 7) is 2.90. The van der Waals surface area contributed by atoms with Crippen LogP contribution in [0, 0.1) is 0 Å². The summed E-state index contributed by atoms with van der Waals surface area (Å²) in [5, 5.41) is 3.17. The van der Waals surface area contributed by atoms with Crippen molar-refractivity contribution >= 4 is 17.6 Å². The zero-order valence-corrected chi connectivity index (χ0v) is 11.2. The minimum atomic E-state index is -0.162. The Kier molecular flexibility index (Phi) is 4.54. The van der Waals surface area contributed by atoms with E-state index in [1.54, 1.807) is 13.0 Å². The van der Waals surface area contributed by atoms with Gasteiger partial charge in [0.1, 0.15) is 17.5 Å². The van der Waals surface area contributed by atoms with Crippen molar-refractivity contribution in [2.75, 3.05) is 24.2 Å². The first kappa shape index (κ1) is 13.6. The smallest absolute Gasteiger partial charge is 0.305 e. The Morgan fingerprint density at radius 1 is 1.53 bits per heavy atom. The van der Waals surface area contributed by atoms with Crippen LogP contribution in [0.3, 0.4) is 0 Å². The molecule has 0 saturated heterocycles. The molecular weight excluding hydrogens is 244 g/mol. The minimum absolute atomic E-state index is 0.162. The molecule has 3 N–H and O–H groups in total. The van der Waals surface area contributed by atoms with Crippen molar-refractivity contribution in [3.8, 4) is 0 Å². The van der Waals surface area contributed by atoms with E-state index in [0.717, 1.165) is 24.5 Å². The monoisotopic (exact) mass is 264 g/mol. The maximum Gasteiger partial charge on any atom is 0.305 e. The number of nitrogens with two attached hydrogens (primary N) is 1. The minimum Gasteiger partial charge on any atom is -0.466 e. The van der Waals surface area contributed by atoms with Gasteiger partial charge < -0.3 is 15.8 Å². The fourth-order valence-corrected chi connectivity index (χ4v) is 1.78. The zero-order valence-electron chi connectivity index (χ0n) is 11.2. The fourth-order valence-electron chi connectivity index (χ4n) is 1.78. The third-order valence-corrected chi connectivity index (χ3v) is 2.87. The topological polar surface area (TPSA) is 90.1 Å². The van der Waals surface area contributed by atoms with E-state index in [1.807, 2.05) is 0 Å². The van der Waals surface area contributed by atoms with Crippen molar-refractivity contribution in [2.24, 2.45) is 0 Å². The van der Waals surface area contributed by atoms with Gasteiger partial charge in [0.25, 0.3) is 0 Å². The Morgan fingerprint density at radius 2 is 2.32 bits per heavy atom. The molecule has 104 valence electrons. The molecule has 1 aromatic heterocycles. The molecule has 1 aliphatic rings. The van der Waals surface area contributed by atoms with Gasteiger partial charge in [-0.1, -0.05) is 0 Å². The van der Waals surface area contributed by atoms with Crippen LogP contribution in [0.2, 0.25) is 0 Å². The average molecular weight is 264 g/mol. The van der Waals surface area contributed by atoms with Gasteiger partial charge in [-0.05, 0) is 26.2 Å². The molecule has 6 heteroatoms. The lowest BCUT2D eigenvalue weighted by Crippen LogP contribution is -2.10.